The van der Waals surface area contributed by atoms with Gasteiger partial charge in [0.05, 0.1) is 7.11 Å². The predicted octanol–water partition coefficient (Wildman–Crippen LogP) is 5.63. The van der Waals surface area contributed by atoms with E-state index in [2.05, 4.69) is 27.0 Å². The zero-order chi connectivity index (χ0) is 16.9. The maximum atomic E-state index is 9.88. The van der Waals surface area contributed by atoms with E-state index in [0.717, 1.165) is 35.1 Å². The van der Waals surface area contributed by atoms with Crippen molar-refractivity contribution in [3.8, 4) is 5.75 Å². The molecule has 0 heterocycles. The lowest BCUT2D eigenvalue weighted by molar-refractivity contribution is 0.301. The van der Waals surface area contributed by atoms with E-state index in [4.69, 9.17) is 4.74 Å². The molecule has 1 aromatic carbocycles. The van der Waals surface area contributed by atoms with Gasteiger partial charge in [0.2, 0.25) is 0 Å². The minimum absolute atomic E-state index is 0.311. The number of phenols is 1. The van der Waals surface area contributed by atoms with Gasteiger partial charge in [-0.25, -0.2) is 0 Å². The lowest BCUT2D eigenvalue weighted by Crippen LogP contribution is -2.00. The Balaban J connectivity index is 3.05. The number of allylic oxidation sites excluding steroid dienone is 3. The summed E-state index contributed by atoms with van der Waals surface area (Å²) >= 11 is 0. The second-order valence-corrected chi connectivity index (χ2v) is 6.24. The molecular weight excluding hydrogens is 272 g/mol. The number of aromatic hydroxyl groups is 1. The average Bonchev–Trinajstić information content (AvgIpc) is 2.47. The number of hydrogen-bond donors (Lipinski definition) is 1. The summed E-state index contributed by atoms with van der Waals surface area (Å²) < 4.78 is 5.27. The van der Waals surface area contributed by atoms with Gasteiger partial charge in [-0.05, 0) is 60.9 Å². The number of benzene rings is 1. The molecule has 2 heteroatoms. The van der Waals surface area contributed by atoms with Gasteiger partial charge in [-0.1, -0.05) is 44.7 Å². The molecule has 0 amide bonds. The summed E-state index contributed by atoms with van der Waals surface area (Å²) in [6.07, 6.45) is 1.74. The molecule has 0 aliphatic heterocycles. The molecule has 0 unspecified atom stereocenters. The van der Waals surface area contributed by atoms with Gasteiger partial charge in [-0.3, -0.25) is 0 Å². The standard InChI is InChI=1S/C20H28O2/c1-13(2)10-19(16(5)17(6)22-7)11-15(4)18-9-8-14(3)20(21)12-18/h8-9,12-13,21H,4,6,10-11H2,1-3,5,7H3/b19-16+. The largest absolute Gasteiger partial charge is 0.508 e. The number of ether oxygens (including phenoxy) is 1. The van der Waals surface area contributed by atoms with Crippen LogP contribution >= 0.6 is 0 Å². The normalized spacial score (nSPS) is 12.1. The van der Waals surface area contributed by atoms with Crippen molar-refractivity contribution in [1.29, 1.82) is 0 Å². The number of methoxy groups -OCH3 is 1. The van der Waals surface area contributed by atoms with E-state index in [1.807, 2.05) is 26.0 Å². The van der Waals surface area contributed by atoms with Crippen LogP contribution in [0.2, 0.25) is 0 Å². The van der Waals surface area contributed by atoms with Crippen molar-refractivity contribution >= 4 is 5.57 Å². The topological polar surface area (TPSA) is 29.5 Å². The first kappa shape index (κ1) is 18.1. The number of aryl methyl sites for hydroxylation is 1. The maximum absolute atomic E-state index is 9.88. The minimum atomic E-state index is 0.311. The predicted molar refractivity (Wildman–Crippen MR) is 94.8 cm³/mol. The summed E-state index contributed by atoms with van der Waals surface area (Å²) in [5, 5.41) is 9.88. The highest BCUT2D eigenvalue weighted by Crippen LogP contribution is 2.31. The molecule has 2 nitrogen and oxygen atoms in total. The van der Waals surface area contributed by atoms with Crippen LogP contribution in [0.5, 0.6) is 5.75 Å². The van der Waals surface area contributed by atoms with Crippen LogP contribution in [0.4, 0.5) is 0 Å². The van der Waals surface area contributed by atoms with Crippen molar-refractivity contribution in [2.45, 2.75) is 40.5 Å². The van der Waals surface area contributed by atoms with E-state index >= 15 is 0 Å². The third kappa shape index (κ3) is 4.80. The first-order valence-electron chi connectivity index (χ1n) is 7.65. The minimum Gasteiger partial charge on any atom is -0.508 e. The highest BCUT2D eigenvalue weighted by Gasteiger charge is 2.12. The fraction of sp³-hybridized carbons (Fsp3) is 0.400. The summed E-state index contributed by atoms with van der Waals surface area (Å²) in [4.78, 5) is 0. The molecule has 120 valence electrons. The van der Waals surface area contributed by atoms with E-state index < -0.39 is 0 Å². The summed E-state index contributed by atoms with van der Waals surface area (Å²) in [7, 11) is 1.64. The Morgan fingerprint density at radius 1 is 1.27 bits per heavy atom. The Kier molecular flexibility index (Phi) is 6.48. The van der Waals surface area contributed by atoms with Crippen LogP contribution in [0.15, 0.2) is 48.3 Å². The third-order valence-electron chi connectivity index (χ3n) is 3.89. The fourth-order valence-corrected chi connectivity index (χ4v) is 2.39. The second kappa shape index (κ2) is 7.88. The molecule has 0 aliphatic carbocycles. The molecule has 0 bridgehead atoms. The molecule has 0 fully saturated rings. The van der Waals surface area contributed by atoms with E-state index in [9.17, 15) is 5.11 Å². The van der Waals surface area contributed by atoms with Crippen molar-refractivity contribution in [2.24, 2.45) is 5.92 Å². The highest BCUT2D eigenvalue weighted by molar-refractivity contribution is 5.67. The summed E-state index contributed by atoms with van der Waals surface area (Å²) in [5.74, 6) is 1.56. The first-order valence-corrected chi connectivity index (χ1v) is 7.65. The number of rotatable bonds is 7. The van der Waals surface area contributed by atoms with Crippen LogP contribution in [0.25, 0.3) is 5.57 Å². The van der Waals surface area contributed by atoms with Gasteiger partial charge in [0.25, 0.3) is 0 Å². The van der Waals surface area contributed by atoms with Gasteiger partial charge < -0.3 is 9.84 Å². The van der Waals surface area contributed by atoms with Gasteiger partial charge in [0, 0.05) is 0 Å². The lowest BCUT2D eigenvalue weighted by Gasteiger charge is -2.17. The molecule has 0 aromatic heterocycles. The Hall–Kier alpha value is -1.96. The van der Waals surface area contributed by atoms with E-state index in [0.29, 0.717) is 17.4 Å². The molecule has 0 saturated heterocycles. The van der Waals surface area contributed by atoms with Crippen LogP contribution in [0.3, 0.4) is 0 Å². The third-order valence-corrected chi connectivity index (χ3v) is 3.89. The second-order valence-electron chi connectivity index (χ2n) is 6.24. The molecule has 1 N–H and O–H groups in total. The lowest BCUT2D eigenvalue weighted by atomic mass is 9.90. The van der Waals surface area contributed by atoms with Gasteiger partial charge in [-0.15, -0.1) is 0 Å². The monoisotopic (exact) mass is 300 g/mol. The van der Waals surface area contributed by atoms with Crippen molar-refractivity contribution in [3.05, 3.63) is 59.4 Å². The van der Waals surface area contributed by atoms with Crippen molar-refractivity contribution in [2.75, 3.05) is 7.11 Å². The number of hydrogen-bond acceptors (Lipinski definition) is 2. The van der Waals surface area contributed by atoms with Crippen LogP contribution < -0.4 is 0 Å². The zero-order valence-electron chi connectivity index (χ0n) is 14.5. The van der Waals surface area contributed by atoms with E-state index in [1.54, 1.807) is 13.2 Å². The molecular formula is C20H28O2. The van der Waals surface area contributed by atoms with Crippen molar-refractivity contribution in [3.63, 3.8) is 0 Å². The van der Waals surface area contributed by atoms with E-state index in [-0.39, 0.29) is 0 Å². The molecule has 22 heavy (non-hydrogen) atoms. The molecule has 0 aliphatic rings. The average molecular weight is 300 g/mol. The summed E-state index contributed by atoms with van der Waals surface area (Å²) in [6, 6.07) is 5.71. The van der Waals surface area contributed by atoms with Crippen LogP contribution in [0.1, 0.15) is 44.7 Å². The number of phenolic OH excluding ortho intramolecular Hbond substituents is 1. The Labute approximate surface area is 134 Å². The van der Waals surface area contributed by atoms with Crippen LogP contribution in [0, 0.1) is 12.8 Å². The fourth-order valence-electron chi connectivity index (χ4n) is 2.39. The van der Waals surface area contributed by atoms with Gasteiger partial charge in [-0.2, -0.15) is 0 Å². The molecule has 1 rings (SSSR count). The Bertz CT molecular complexity index is 592. The van der Waals surface area contributed by atoms with Gasteiger partial charge in [0.15, 0.2) is 0 Å². The van der Waals surface area contributed by atoms with Gasteiger partial charge >= 0.3 is 0 Å². The molecule has 0 saturated carbocycles. The van der Waals surface area contributed by atoms with Crippen LogP contribution in [-0.2, 0) is 4.74 Å². The Morgan fingerprint density at radius 2 is 1.91 bits per heavy atom. The highest BCUT2D eigenvalue weighted by atomic mass is 16.5. The zero-order valence-corrected chi connectivity index (χ0v) is 14.5. The van der Waals surface area contributed by atoms with Crippen molar-refractivity contribution in [1.82, 2.24) is 0 Å². The quantitative estimate of drug-likeness (QED) is 0.522. The maximum Gasteiger partial charge on any atom is 0.119 e. The molecule has 1 aromatic rings. The summed E-state index contributed by atoms with van der Waals surface area (Å²) in [6.45, 7) is 16.5. The van der Waals surface area contributed by atoms with Gasteiger partial charge in [0.1, 0.15) is 11.5 Å². The molecule has 0 radical (unpaired) electrons. The molecule has 0 spiro atoms. The smallest absolute Gasteiger partial charge is 0.119 e. The molecule has 0 atom stereocenters. The first-order chi connectivity index (χ1) is 10.3. The van der Waals surface area contributed by atoms with E-state index in [1.165, 1.54) is 5.57 Å². The van der Waals surface area contributed by atoms with Crippen LogP contribution in [-0.4, -0.2) is 12.2 Å². The summed E-state index contributed by atoms with van der Waals surface area (Å²) in [5.41, 5.74) is 5.22. The SMILES string of the molecule is C=C(OC)/C(C)=C(/CC(=C)c1ccc(C)c(O)c1)CC(C)C. The Morgan fingerprint density at radius 3 is 2.41 bits per heavy atom. The van der Waals surface area contributed by atoms with Crippen molar-refractivity contribution < 1.29 is 9.84 Å².